The number of hydrogen-bond acceptors (Lipinski definition) is 4. The predicted molar refractivity (Wildman–Crippen MR) is 88.8 cm³/mol. The maximum atomic E-state index is 5.19. The first-order valence-electron chi connectivity index (χ1n) is 8.64. The highest BCUT2D eigenvalue weighted by molar-refractivity contribution is 5.06. The van der Waals surface area contributed by atoms with Gasteiger partial charge in [0.2, 0.25) is 0 Å². The van der Waals surface area contributed by atoms with E-state index in [9.17, 15) is 0 Å². The van der Waals surface area contributed by atoms with Gasteiger partial charge in [0.25, 0.3) is 0 Å². The molecule has 23 heavy (non-hydrogen) atoms. The van der Waals surface area contributed by atoms with Crippen molar-refractivity contribution in [3.8, 4) is 0 Å². The second kappa shape index (κ2) is 6.13. The molecule has 2 saturated heterocycles. The van der Waals surface area contributed by atoms with Gasteiger partial charge >= 0.3 is 0 Å². The summed E-state index contributed by atoms with van der Waals surface area (Å²) in [4.78, 5) is 9.62. The molecule has 0 saturated carbocycles. The lowest BCUT2D eigenvalue weighted by Crippen LogP contribution is -2.41. The second-order valence-corrected chi connectivity index (χ2v) is 7.32. The molecular formula is C18H26N4O. The number of likely N-dealkylation sites (tertiary alicyclic amines) is 2. The van der Waals surface area contributed by atoms with Crippen molar-refractivity contribution in [2.24, 2.45) is 12.5 Å². The maximum absolute atomic E-state index is 5.19. The molecule has 0 atom stereocenters. The third-order valence-corrected chi connectivity index (χ3v) is 5.71. The van der Waals surface area contributed by atoms with Gasteiger partial charge in [-0.05, 0) is 50.4 Å². The Labute approximate surface area is 137 Å². The van der Waals surface area contributed by atoms with Gasteiger partial charge in [0.05, 0.1) is 19.1 Å². The number of nitrogens with zero attached hydrogens (tertiary/aromatic N) is 4. The molecule has 0 aromatic carbocycles. The maximum Gasteiger partial charge on any atom is 0.122 e. The summed E-state index contributed by atoms with van der Waals surface area (Å²) in [6.45, 7) is 6.89. The molecule has 2 aromatic rings. The molecule has 124 valence electrons. The van der Waals surface area contributed by atoms with E-state index in [0.29, 0.717) is 5.41 Å². The molecule has 2 aliphatic heterocycles. The highest BCUT2D eigenvalue weighted by atomic mass is 16.3. The quantitative estimate of drug-likeness (QED) is 0.869. The van der Waals surface area contributed by atoms with Crippen LogP contribution in [-0.4, -0.2) is 45.5 Å². The van der Waals surface area contributed by atoms with Crippen LogP contribution in [0.2, 0.25) is 0 Å². The van der Waals surface area contributed by atoms with Crippen LogP contribution in [0.3, 0.4) is 0 Å². The van der Waals surface area contributed by atoms with Gasteiger partial charge in [0, 0.05) is 38.1 Å². The van der Waals surface area contributed by atoms with Crippen LogP contribution in [0.25, 0.3) is 0 Å². The van der Waals surface area contributed by atoms with E-state index >= 15 is 0 Å². The van der Waals surface area contributed by atoms with Crippen molar-refractivity contribution in [1.29, 1.82) is 0 Å². The Kier molecular flexibility index (Phi) is 3.99. The lowest BCUT2D eigenvalue weighted by atomic mass is 9.78. The number of furan rings is 1. The fourth-order valence-electron chi connectivity index (χ4n) is 4.15. The summed E-state index contributed by atoms with van der Waals surface area (Å²) >= 11 is 0. The topological polar surface area (TPSA) is 37.4 Å². The highest BCUT2D eigenvalue weighted by Gasteiger charge is 2.40. The minimum Gasteiger partial charge on any atom is -0.472 e. The van der Waals surface area contributed by atoms with Crippen molar-refractivity contribution in [2.75, 3.05) is 26.2 Å². The second-order valence-electron chi connectivity index (χ2n) is 7.32. The van der Waals surface area contributed by atoms with E-state index in [1.165, 1.54) is 56.8 Å². The normalized spacial score (nSPS) is 22.1. The predicted octanol–water partition coefficient (Wildman–Crippen LogP) is 2.50. The molecule has 2 aromatic heterocycles. The third kappa shape index (κ3) is 3.21. The van der Waals surface area contributed by atoms with Crippen LogP contribution >= 0.6 is 0 Å². The molecule has 5 nitrogen and oxygen atoms in total. The van der Waals surface area contributed by atoms with Crippen LogP contribution in [0.15, 0.2) is 35.4 Å². The van der Waals surface area contributed by atoms with E-state index in [2.05, 4.69) is 32.5 Å². The molecule has 0 radical (unpaired) electrons. The summed E-state index contributed by atoms with van der Waals surface area (Å²) in [7, 11) is 2.08. The van der Waals surface area contributed by atoms with Gasteiger partial charge in [-0.3, -0.25) is 9.80 Å². The lowest BCUT2D eigenvalue weighted by molar-refractivity contribution is 0.0994. The number of piperidine rings is 1. The van der Waals surface area contributed by atoms with Crippen LogP contribution in [0.1, 0.15) is 30.7 Å². The molecule has 4 rings (SSSR count). The largest absolute Gasteiger partial charge is 0.472 e. The number of aryl methyl sites for hydroxylation is 1. The van der Waals surface area contributed by atoms with Crippen molar-refractivity contribution in [2.45, 2.75) is 32.4 Å². The lowest BCUT2D eigenvalue weighted by Gasteiger charge is -2.39. The van der Waals surface area contributed by atoms with Gasteiger partial charge in [-0.15, -0.1) is 0 Å². The van der Waals surface area contributed by atoms with Gasteiger partial charge in [-0.1, -0.05) is 0 Å². The molecule has 0 N–H and O–H groups in total. The Morgan fingerprint density at radius 3 is 2.57 bits per heavy atom. The SMILES string of the molecule is Cn1ccnc1CN1CCC2(CC1)CCN(Cc1ccoc1)C2. The number of rotatable bonds is 4. The molecule has 0 bridgehead atoms. The average Bonchev–Trinajstić information content (AvgIpc) is 3.27. The highest BCUT2D eigenvalue weighted by Crippen LogP contribution is 2.41. The zero-order chi connectivity index (χ0) is 15.7. The first-order valence-corrected chi connectivity index (χ1v) is 8.64. The molecule has 5 heteroatoms. The van der Waals surface area contributed by atoms with Crippen molar-refractivity contribution >= 4 is 0 Å². The van der Waals surface area contributed by atoms with Crippen LogP contribution in [0.5, 0.6) is 0 Å². The minimum atomic E-state index is 0.544. The van der Waals surface area contributed by atoms with Gasteiger partial charge < -0.3 is 8.98 Å². The summed E-state index contributed by atoms with van der Waals surface area (Å²) in [5.74, 6) is 1.17. The molecule has 2 fully saturated rings. The average molecular weight is 314 g/mol. The number of aromatic nitrogens is 2. The summed E-state index contributed by atoms with van der Waals surface area (Å²) in [5, 5.41) is 0. The Morgan fingerprint density at radius 2 is 1.91 bits per heavy atom. The van der Waals surface area contributed by atoms with Gasteiger partial charge in [-0.25, -0.2) is 4.98 Å². The summed E-state index contributed by atoms with van der Waals surface area (Å²) in [6, 6.07) is 2.08. The van der Waals surface area contributed by atoms with E-state index < -0.39 is 0 Å². The number of hydrogen-bond donors (Lipinski definition) is 0. The Balaban J connectivity index is 1.30. The van der Waals surface area contributed by atoms with Crippen LogP contribution in [0, 0.1) is 5.41 Å². The van der Waals surface area contributed by atoms with Crippen molar-refractivity contribution < 1.29 is 4.42 Å². The summed E-state index contributed by atoms with van der Waals surface area (Å²) in [5.41, 5.74) is 1.84. The third-order valence-electron chi connectivity index (χ3n) is 5.71. The van der Waals surface area contributed by atoms with Crippen LogP contribution < -0.4 is 0 Å². The first kappa shape index (κ1) is 15.0. The van der Waals surface area contributed by atoms with Crippen molar-refractivity contribution in [3.63, 3.8) is 0 Å². The summed E-state index contributed by atoms with van der Waals surface area (Å²) < 4.78 is 7.33. The standard InChI is InChI=1S/C18H26N4O/c1-20-10-6-19-17(20)13-21-7-3-18(4-8-21)5-9-22(15-18)12-16-2-11-23-14-16/h2,6,10-11,14H,3-5,7-9,12-13,15H2,1H3. The smallest absolute Gasteiger partial charge is 0.122 e. The fourth-order valence-corrected chi connectivity index (χ4v) is 4.15. The van der Waals surface area contributed by atoms with Crippen molar-refractivity contribution in [1.82, 2.24) is 19.4 Å². The van der Waals surface area contributed by atoms with E-state index in [1.54, 1.807) is 6.26 Å². The first-order chi connectivity index (χ1) is 11.2. The molecular weight excluding hydrogens is 288 g/mol. The van der Waals surface area contributed by atoms with E-state index in [0.717, 1.165) is 13.1 Å². The van der Waals surface area contributed by atoms with E-state index in [1.807, 2.05) is 18.7 Å². The zero-order valence-electron chi connectivity index (χ0n) is 13.9. The van der Waals surface area contributed by atoms with E-state index in [4.69, 9.17) is 4.42 Å². The van der Waals surface area contributed by atoms with Gasteiger partial charge in [0.1, 0.15) is 5.82 Å². The molecule has 4 heterocycles. The van der Waals surface area contributed by atoms with E-state index in [-0.39, 0.29) is 0 Å². The van der Waals surface area contributed by atoms with Gasteiger partial charge in [-0.2, -0.15) is 0 Å². The molecule has 1 spiro atoms. The molecule has 0 unspecified atom stereocenters. The van der Waals surface area contributed by atoms with Crippen LogP contribution in [-0.2, 0) is 20.1 Å². The monoisotopic (exact) mass is 314 g/mol. The minimum absolute atomic E-state index is 0.544. The Bertz CT molecular complexity index is 625. The fraction of sp³-hybridized carbons (Fsp3) is 0.611. The van der Waals surface area contributed by atoms with Crippen LogP contribution in [0.4, 0.5) is 0 Å². The Hall–Kier alpha value is -1.59. The number of imidazole rings is 1. The van der Waals surface area contributed by atoms with Crippen molar-refractivity contribution in [3.05, 3.63) is 42.4 Å². The molecule has 0 aliphatic carbocycles. The zero-order valence-corrected chi connectivity index (χ0v) is 13.9. The molecule has 2 aliphatic rings. The molecule has 0 amide bonds. The van der Waals surface area contributed by atoms with Gasteiger partial charge in [0.15, 0.2) is 0 Å². The Morgan fingerprint density at radius 1 is 1.13 bits per heavy atom. The summed E-state index contributed by atoms with van der Waals surface area (Å²) in [6.07, 6.45) is 11.6.